The predicted molar refractivity (Wildman–Crippen MR) is 206 cm³/mol. The molecule has 0 aliphatic carbocycles. The number of aromatic nitrogens is 4. The van der Waals surface area contributed by atoms with Crippen molar-refractivity contribution in [3.8, 4) is 11.4 Å². The minimum Gasteiger partial charge on any atom is -0.368 e. The second kappa shape index (κ2) is 21.4. The summed E-state index contributed by atoms with van der Waals surface area (Å²) in [5.41, 5.74) is 6.93. The standard InChI is InChI=1S/C37H50N12O8/c1-19(2)11-28(48-36(56)29(12-25-14-39-18-44-25)47-31(52)17-40-22(6)50)35(55)46-24-8-10-27(42-15-24)26-9-7-23(13-41-26)34(54)49-32(20(3)4)37(57)45-21(5)33(53)43-16-30(38)51/h7-10,13-15,18-21,28-29,32H,11-12,16-17H2,1-6H3,(H2,38,51)(H,39,44)(H,40,50)(H,43,53)(H,45,57)(H,46,55)(H,47,52)(H,48,56)(H,49,54)/t21-,28-,29-,32-/m0/s1. The summed E-state index contributed by atoms with van der Waals surface area (Å²) in [6.07, 6.45) is 6.00. The number of rotatable bonds is 20. The monoisotopic (exact) mass is 790 g/mol. The number of nitrogens with zero attached hydrogens (tertiary/aromatic N) is 3. The molecule has 3 aromatic heterocycles. The minimum absolute atomic E-state index is 0.00374. The van der Waals surface area contributed by atoms with Gasteiger partial charge in [0, 0.05) is 31.4 Å². The number of nitrogens with two attached hydrogens (primary N) is 1. The first kappa shape index (κ1) is 44.7. The van der Waals surface area contributed by atoms with Crippen LogP contribution in [-0.4, -0.2) is 104 Å². The molecule has 0 aromatic carbocycles. The lowest BCUT2D eigenvalue weighted by Crippen LogP contribution is -2.55. The van der Waals surface area contributed by atoms with Crippen LogP contribution < -0.4 is 43.0 Å². The van der Waals surface area contributed by atoms with Gasteiger partial charge >= 0.3 is 0 Å². The first-order valence-electron chi connectivity index (χ1n) is 18.1. The summed E-state index contributed by atoms with van der Waals surface area (Å²) in [6.45, 7) is 9.21. The van der Waals surface area contributed by atoms with Crippen LogP contribution >= 0.6 is 0 Å². The number of hydrogen-bond donors (Lipinski definition) is 9. The molecule has 20 heteroatoms. The second-order valence-corrected chi connectivity index (χ2v) is 14.0. The third-order valence-corrected chi connectivity index (χ3v) is 8.21. The lowest BCUT2D eigenvalue weighted by Gasteiger charge is -2.24. The van der Waals surface area contributed by atoms with Gasteiger partial charge in [0.1, 0.15) is 24.2 Å². The maximum atomic E-state index is 13.5. The Labute approximate surface area is 329 Å². The topological polar surface area (TPSA) is 301 Å². The van der Waals surface area contributed by atoms with Crippen molar-refractivity contribution in [2.45, 2.75) is 78.6 Å². The van der Waals surface area contributed by atoms with E-state index in [0.29, 0.717) is 22.8 Å². The van der Waals surface area contributed by atoms with E-state index >= 15 is 0 Å². The van der Waals surface area contributed by atoms with Crippen LogP contribution in [0, 0.1) is 11.8 Å². The highest BCUT2D eigenvalue weighted by Gasteiger charge is 2.29. The van der Waals surface area contributed by atoms with Crippen molar-refractivity contribution in [1.82, 2.24) is 51.8 Å². The molecule has 3 aromatic rings. The molecule has 0 aliphatic heterocycles. The molecular formula is C37H50N12O8. The molecule has 0 radical (unpaired) electrons. The molecule has 0 spiro atoms. The van der Waals surface area contributed by atoms with Gasteiger partial charge in [0.05, 0.1) is 48.3 Å². The van der Waals surface area contributed by atoms with E-state index in [9.17, 15) is 38.4 Å². The molecule has 57 heavy (non-hydrogen) atoms. The average molecular weight is 791 g/mol. The molecule has 0 fully saturated rings. The van der Waals surface area contributed by atoms with Gasteiger partial charge in [0.25, 0.3) is 5.91 Å². The zero-order valence-corrected chi connectivity index (χ0v) is 32.6. The average Bonchev–Trinajstić information content (AvgIpc) is 3.67. The summed E-state index contributed by atoms with van der Waals surface area (Å²) in [5.74, 6) is -5.00. The Hall–Kier alpha value is -6.73. The Bertz CT molecular complexity index is 1880. The zero-order valence-electron chi connectivity index (χ0n) is 32.6. The zero-order chi connectivity index (χ0) is 42.2. The van der Waals surface area contributed by atoms with Crippen LogP contribution in [0.4, 0.5) is 5.69 Å². The van der Waals surface area contributed by atoms with Crippen molar-refractivity contribution in [2.24, 2.45) is 17.6 Å². The van der Waals surface area contributed by atoms with E-state index in [4.69, 9.17) is 5.73 Å². The number of H-pyrrole nitrogens is 1. The van der Waals surface area contributed by atoms with E-state index in [1.165, 1.54) is 44.8 Å². The summed E-state index contributed by atoms with van der Waals surface area (Å²) in [4.78, 5) is 115. The van der Waals surface area contributed by atoms with E-state index in [1.807, 2.05) is 13.8 Å². The third kappa shape index (κ3) is 14.8. The number of anilines is 1. The fraction of sp³-hybridized carbons (Fsp3) is 0.432. The van der Waals surface area contributed by atoms with Crippen LogP contribution in [-0.2, 0) is 40.0 Å². The molecule has 10 N–H and O–H groups in total. The Morgan fingerprint density at radius 3 is 1.95 bits per heavy atom. The van der Waals surface area contributed by atoms with Crippen molar-refractivity contribution >= 4 is 52.9 Å². The summed E-state index contributed by atoms with van der Waals surface area (Å²) < 4.78 is 0. The lowest BCUT2D eigenvalue weighted by atomic mass is 10.0. The molecule has 0 bridgehead atoms. The van der Waals surface area contributed by atoms with Crippen LogP contribution in [0.2, 0.25) is 0 Å². The van der Waals surface area contributed by atoms with Gasteiger partial charge < -0.3 is 47.9 Å². The quantitative estimate of drug-likeness (QED) is 0.0673. The maximum absolute atomic E-state index is 13.5. The van der Waals surface area contributed by atoms with E-state index in [1.54, 1.807) is 32.0 Å². The maximum Gasteiger partial charge on any atom is 0.253 e. The van der Waals surface area contributed by atoms with Crippen LogP contribution in [0.1, 0.15) is 64.0 Å². The van der Waals surface area contributed by atoms with E-state index in [0.717, 1.165) is 0 Å². The molecule has 4 atom stereocenters. The highest BCUT2D eigenvalue weighted by Crippen LogP contribution is 2.18. The number of amides is 8. The number of nitrogens with one attached hydrogen (secondary N) is 8. The second-order valence-electron chi connectivity index (χ2n) is 14.0. The van der Waals surface area contributed by atoms with Gasteiger partial charge in [-0.3, -0.25) is 48.3 Å². The first-order chi connectivity index (χ1) is 26.9. The normalized spacial score (nSPS) is 13.0. The Kier molecular flexibility index (Phi) is 16.8. The Balaban J connectivity index is 1.65. The third-order valence-electron chi connectivity index (χ3n) is 8.21. The lowest BCUT2D eigenvalue weighted by molar-refractivity contribution is -0.131. The van der Waals surface area contributed by atoms with Crippen LogP contribution in [0.15, 0.2) is 49.2 Å². The van der Waals surface area contributed by atoms with Gasteiger partial charge in [-0.15, -0.1) is 0 Å². The summed E-state index contributed by atoms with van der Waals surface area (Å²) in [5, 5.41) is 18.0. The Morgan fingerprint density at radius 1 is 0.719 bits per heavy atom. The van der Waals surface area contributed by atoms with Gasteiger partial charge in [0.15, 0.2) is 0 Å². The van der Waals surface area contributed by atoms with Crippen molar-refractivity contribution in [2.75, 3.05) is 18.4 Å². The molecule has 0 saturated heterocycles. The molecule has 20 nitrogen and oxygen atoms in total. The number of imidazole rings is 1. The first-order valence-corrected chi connectivity index (χ1v) is 18.1. The summed E-state index contributed by atoms with van der Waals surface area (Å²) in [6, 6.07) is 2.23. The van der Waals surface area contributed by atoms with Crippen LogP contribution in [0.25, 0.3) is 11.4 Å². The molecule has 0 saturated carbocycles. The smallest absolute Gasteiger partial charge is 0.253 e. The number of carbonyl (C=O) groups is 8. The summed E-state index contributed by atoms with van der Waals surface area (Å²) in [7, 11) is 0. The SMILES string of the molecule is CC(=O)NCC(=O)N[C@@H](Cc1cnc[nH]1)C(=O)N[C@@H](CC(C)C)C(=O)Nc1ccc(-c2ccc(C(=O)N[C@H](C(=O)N[C@@H](C)C(=O)NCC(N)=O)C(C)C)cn2)nc1. The molecule has 0 aliphatic rings. The van der Waals surface area contributed by atoms with E-state index in [2.05, 4.69) is 57.2 Å². The molecular weight excluding hydrogens is 740 g/mol. The van der Waals surface area contributed by atoms with E-state index in [-0.39, 0.29) is 43.3 Å². The molecule has 3 heterocycles. The summed E-state index contributed by atoms with van der Waals surface area (Å²) >= 11 is 0. The molecule has 3 rings (SSSR count). The largest absolute Gasteiger partial charge is 0.368 e. The fourth-order valence-electron chi connectivity index (χ4n) is 5.23. The van der Waals surface area contributed by atoms with Gasteiger partial charge in [-0.2, -0.15) is 0 Å². The van der Waals surface area contributed by atoms with E-state index < -0.39 is 71.4 Å². The fourth-order valence-corrected chi connectivity index (χ4v) is 5.23. The van der Waals surface area contributed by atoms with Crippen molar-refractivity contribution < 1.29 is 38.4 Å². The minimum atomic E-state index is -1.08. The number of aromatic amines is 1. The van der Waals surface area contributed by atoms with Gasteiger partial charge in [-0.1, -0.05) is 27.7 Å². The number of hydrogen-bond acceptors (Lipinski definition) is 11. The highest BCUT2D eigenvalue weighted by atomic mass is 16.2. The van der Waals surface area contributed by atoms with Gasteiger partial charge in [0.2, 0.25) is 41.4 Å². The van der Waals surface area contributed by atoms with Crippen LogP contribution in [0.5, 0.6) is 0 Å². The number of primary amides is 1. The highest BCUT2D eigenvalue weighted by molar-refractivity contribution is 6.00. The van der Waals surface area contributed by atoms with Gasteiger partial charge in [-0.25, -0.2) is 4.98 Å². The van der Waals surface area contributed by atoms with Crippen molar-refractivity contribution in [1.29, 1.82) is 0 Å². The van der Waals surface area contributed by atoms with Crippen molar-refractivity contribution in [3.63, 3.8) is 0 Å². The molecule has 8 amide bonds. The van der Waals surface area contributed by atoms with Crippen LogP contribution in [0.3, 0.4) is 0 Å². The Morgan fingerprint density at radius 2 is 1.40 bits per heavy atom. The molecule has 306 valence electrons. The number of pyridine rings is 2. The van der Waals surface area contributed by atoms with Crippen molar-refractivity contribution in [3.05, 3.63) is 60.4 Å². The predicted octanol–water partition coefficient (Wildman–Crippen LogP) is -0.940. The number of carbonyl (C=O) groups excluding carboxylic acids is 8. The van der Waals surface area contributed by atoms with Gasteiger partial charge in [-0.05, 0) is 49.4 Å². The molecule has 0 unspecified atom stereocenters.